The quantitative estimate of drug-likeness (QED) is 0.772. The van der Waals surface area contributed by atoms with Gasteiger partial charge >= 0.3 is 0 Å². The zero-order valence-electron chi connectivity index (χ0n) is 15.7. The lowest BCUT2D eigenvalue weighted by atomic mass is 10.1. The van der Waals surface area contributed by atoms with Crippen molar-refractivity contribution in [3.8, 4) is 0 Å². The summed E-state index contributed by atoms with van der Waals surface area (Å²) in [5.41, 5.74) is 3.26. The molecule has 0 aromatic heterocycles. The number of aryl methyl sites for hydroxylation is 2. The topological polar surface area (TPSA) is 75.3 Å². The maximum absolute atomic E-state index is 12.4. The van der Waals surface area contributed by atoms with Crippen molar-refractivity contribution in [3.63, 3.8) is 0 Å². The third-order valence-corrected chi connectivity index (χ3v) is 5.55. The van der Waals surface area contributed by atoms with Crippen LogP contribution in [0.5, 0.6) is 0 Å². The van der Waals surface area contributed by atoms with Crippen LogP contribution in [0.15, 0.2) is 47.4 Å². The summed E-state index contributed by atoms with van der Waals surface area (Å²) in [4.78, 5) is 12.5. The minimum Gasteiger partial charge on any atom is -0.322 e. The highest BCUT2D eigenvalue weighted by atomic mass is 32.2. The molecule has 0 radical (unpaired) electrons. The fourth-order valence-electron chi connectivity index (χ4n) is 2.50. The monoisotopic (exact) mass is 374 g/mol. The lowest BCUT2D eigenvalue weighted by Crippen LogP contribution is -2.25. The van der Waals surface area contributed by atoms with E-state index in [1.165, 1.54) is 24.3 Å². The van der Waals surface area contributed by atoms with Crippen LogP contribution in [-0.2, 0) is 10.0 Å². The molecule has 0 saturated carbocycles. The van der Waals surface area contributed by atoms with Gasteiger partial charge in [-0.2, -0.15) is 0 Å². The van der Waals surface area contributed by atoms with E-state index < -0.39 is 10.0 Å². The third-order valence-electron chi connectivity index (χ3n) is 4.07. The molecule has 2 rings (SSSR count). The number of rotatable bonds is 7. The smallest absolute Gasteiger partial charge is 0.255 e. The van der Waals surface area contributed by atoms with Gasteiger partial charge in [0.25, 0.3) is 5.91 Å². The molecule has 2 N–H and O–H groups in total. The van der Waals surface area contributed by atoms with Gasteiger partial charge in [0.1, 0.15) is 0 Å². The van der Waals surface area contributed by atoms with Crippen LogP contribution in [0.2, 0.25) is 0 Å². The van der Waals surface area contributed by atoms with Crippen LogP contribution in [0.3, 0.4) is 0 Å². The van der Waals surface area contributed by atoms with Crippen molar-refractivity contribution in [1.82, 2.24) is 4.72 Å². The van der Waals surface area contributed by atoms with Gasteiger partial charge in [-0.1, -0.05) is 31.5 Å². The number of carbonyl (C=O) groups is 1. The molecule has 0 spiro atoms. The van der Waals surface area contributed by atoms with Crippen LogP contribution in [-0.4, -0.2) is 20.9 Å². The van der Waals surface area contributed by atoms with Gasteiger partial charge in [-0.05, 0) is 62.1 Å². The zero-order valence-corrected chi connectivity index (χ0v) is 16.5. The molecule has 0 heterocycles. The Kier molecular flexibility index (Phi) is 6.56. The largest absolute Gasteiger partial charge is 0.322 e. The summed E-state index contributed by atoms with van der Waals surface area (Å²) < 4.78 is 27.1. The van der Waals surface area contributed by atoms with Gasteiger partial charge in [0.2, 0.25) is 10.0 Å². The molecule has 140 valence electrons. The van der Waals surface area contributed by atoms with Crippen molar-refractivity contribution in [2.75, 3.05) is 11.9 Å². The predicted octanol–water partition coefficient (Wildman–Crippen LogP) is 3.88. The Bertz CT molecular complexity index is 872. The van der Waals surface area contributed by atoms with Crippen LogP contribution in [0, 0.1) is 19.8 Å². The Labute approximate surface area is 155 Å². The lowest BCUT2D eigenvalue weighted by molar-refractivity contribution is 0.102. The summed E-state index contributed by atoms with van der Waals surface area (Å²) in [5.74, 6) is 0.155. The van der Waals surface area contributed by atoms with Crippen molar-refractivity contribution >= 4 is 21.6 Å². The highest BCUT2D eigenvalue weighted by Gasteiger charge is 2.15. The average molecular weight is 375 g/mol. The average Bonchev–Trinajstić information content (AvgIpc) is 2.57. The van der Waals surface area contributed by atoms with Crippen molar-refractivity contribution < 1.29 is 13.2 Å². The summed E-state index contributed by atoms with van der Waals surface area (Å²) in [7, 11) is -3.55. The first-order valence-corrected chi connectivity index (χ1v) is 10.2. The number of benzene rings is 2. The summed E-state index contributed by atoms with van der Waals surface area (Å²) in [6.45, 7) is 8.40. The number of nitrogens with one attached hydrogen (secondary N) is 2. The molecule has 26 heavy (non-hydrogen) atoms. The fraction of sp³-hybridized carbons (Fsp3) is 0.350. The zero-order chi connectivity index (χ0) is 19.3. The van der Waals surface area contributed by atoms with Crippen molar-refractivity contribution in [1.29, 1.82) is 0 Å². The second-order valence-corrected chi connectivity index (χ2v) is 8.64. The Morgan fingerprint density at radius 3 is 2.27 bits per heavy atom. The van der Waals surface area contributed by atoms with E-state index in [0.29, 0.717) is 18.0 Å². The van der Waals surface area contributed by atoms with Gasteiger partial charge in [-0.3, -0.25) is 4.79 Å². The van der Waals surface area contributed by atoms with Crippen LogP contribution < -0.4 is 10.0 Å². The Balaban J connectivity index is 2.07. The highest BCUT2D eigenvalue weighted by molar-refractivity contribution is 7.89. The first-order chi connectivity index (χ1) is 12.2. The minimum atomic E-state index is -3.55. The van der Waals surface area contributed by atoms with Crippen molar-refractivity contribution in [2.24, 2.45) is 5.92 Å². The van der Waals surface area contributed by atoms with Crippen LogP contribution in [0.25, 0.3) is 0 Å². The Hall–Kier alpha value is -2.18. The summed E-state index contributed by atoms with van der Waals surface area (Å²) in [6, 6.07) is 11.7. The van der Waals surface area contributed by atoms with E-state index in [2.05, 4.69) is 10.0 Å². The number of carbonyl (C=O) groups excluding carboxylic acids is 1. The summed E-state index contributed by atoms with van der Waals surface area (Å²) >= 11 is 0. The van der Waals surface area contributed by atoms with Gasteiger partial charge < -0.3 is 5.32 Å². The van der Waals surface area contributed by atoms with Crippen LogP contribution in [0.4, 0.5) is 5.69 Å². The lowest BCUT2D eigenvalue weighted by Gasteiger charge is -2.11. The van der Waals surface area contributed by atoms with E-state index in [-0.39, 0.29) is 10.8 Å². The van der Waals surface area contributed by atoms with Crippen molar-refractivity contribution in [3.05, 3.63) is 59.2 Å². The van der Waals surface area contributed by atoms with Crippen LogP contribution >= 0.6 is 0 Å². The first-order valence-electron chi connectivity index (χ1n) is 8.67. The maximum Gasteiger partial charge on any atom is 0.255 e. The van der Waals surface area contributed by atoms with E-state index in [1.54, 1.807) is 0 Å². The number of hydrogen-bond acceptors (Lipinski definition) is 3. The summed E-state index contributed by atoms with van der Waals surface area (Å²) in [5, 5.41) is 2.85. The number of amides is 1. The van der Waals surface area contributed by atoms with E-state index in [1.807, 2.05) is 45.9 Å². The molecule has 0 aliphatic heterocycles. The standard InChI is InChI=1S/C20H26N2O3S/c1-14(2)11-12-21-26(24,25)18-8-6-17(7-9-18)20(23)22-19-10-5-15(3)13-16(19)4/h5-10,13-14,21H,11-12H2,1-4H3,(H,22,23). The summed E-state index contributed by atoms with van der Waals surface area (Å²) in [6.07, 6.45) is 0.773. The molecular formula is C20H26N2O3S. The van der Waals surface area contributed by atoms with E-state index in [0.717, 1.165) is 23.2 Å². The molecule has 0 aliphatic carbocycles. The molecule has 1 amide bonds. The van der Waals surface area contributed by atoms with Gasteiger partial charge in [0.05, 0.1) is 4.90 Å². The third kappa shape index (κ3) is 5.41. The Morgan fingerprint density at radius 1 is 1.04 bits per heavy atom. The molecule has 0 unspecified atom stereocenters. The highest BCUT2D eigenvalue weighted by Crippen LogP contribution is 2.18. The SMILES string of the molecule is Cc1ccc(NC(=O)c2ccc(S(=O)(=O)NCCC(C)C)cc2)c(C)c1. The van der Waals surface area contributed by atoms with E-state index in [4.69, 9.17) is 0 Å². The molecule has 0 atom stereocenters. The fourth-order valence-corrected chi connectivity index (χ4v) is 3.55. The van der Waals surface area contributed by atoms with E-state index >= 15 is 0 Å². The molecule has 0 fully saturated rings. The number of hydrogen-bond donors (Lipinski definition) is 2. The molecular weight excluding hydrogens is 348 g/mol. The normalized spacial score (nSPS) is 11.6. The molecule has 6 heteroatoms. The molecule has 0 aliphatic rings. The second-order valence-electron chi connectivity index (χ2n) is 6.88. The molecule has 0 saturated heterocycles. The molecule has 2 aromatic carbocycles. The predicted molar refractivity (Wildman–Crippen MR) is 105 cm³/mol. The minimum absolute atomic E-state index is 0.157. The van der Waals surface area contributed by atoms with Crippen LogP contribution in [0.1, 0.15) is 41.8 Å². The van der Waals surface area contributed by atoms with Crippen molar-refractivity contribution in [2.45, 2.75) is 39.0 Å². The number of anilines is 1. The van der Waals surface area contributed by atoms with Gasteiger partial charge in [0.15, 0.2) is 0 Å². The van der Waals surface area contributed by atoms with Gasteiger partial charge in [-0.15, -0.1) is 0 Å². The first kappa shape index (κ1) is 20.1. The van der Waals surface area contributed by atoms with Gasteiger partial charge in [0, 0.05) is 17.8 Å². The molecule has 5 nitrogen and oxygen atoms in total. The molecule has 2 aromatic rings. The molecule has 0 bridgehead atoms. The second kappa shape index (κ2) is 8.47. The maximum atomic E-state index is 12.4. The van der Waals surface area contributed by atoms with E-state index in [9.17, 15) is 13.2 Å². The Morgan fingerprint density at radius 2 is 1.69 bits per heavy atom. The number of sulfonamides is 1. The van der Waals surface area contributed by atoms with Gasteiger partial charge in [-0.25, -0.2) is 13.1 Å².